The number of nitrogens with one attached hydrogen (secondary N) is 1. The van der Waals surface area contributed by atoms with Gasteiger partial charge in [-0.25, -0.2) is 9.97 Å². The maximum atomic E-state index is 8.85. The number of benzene rings is 1. The zero-order valence-electron chi connectivity index (χ0n) is 10.4. The monoisotopic (exact) mass is 348 g/mol. The highest BCUT2D eigenvalue weighted by Crippen LogP contribution is 2.39. The lowest BCUT2D eigenvalue weighted by molar-refractivity contribution is 0.930. The molecular formula is C14H10BrClN4. The number of nitriles is 1. The molecule has 0 unspecified atom stereocenters. The molecule has 1 heterocycles. The summed E-state index contributed by atoms with van der Waals surface area (Å²) in [5, 5.41) is 12.5. The van der Waals surface area contributed by atoms with E-state index in [-0.39, 0.29) is 0 Å². The maximum absolute atomic E-state index is 8.85. The molecule has 0 amide bonds. The summed E-state index contributed by atoms with van der Waals surface area (Å²) >= 11 is 9.46. The van der Waals surface area contributed by atoms with Crippen molar-refractivity contribution in [2.45, 2.75) is 18.8 Å². The molecular weight excluding hydrogens is 340 g/mol. The van der Waals surface area contributed by atoms with Gasteiger partial charge in [0.2, 0.25) is 0 Å². The van der Waals surface area contributed by atoms with Crippen molar-refractivity contribution < 1.29 is 0 Å². The van der Waals surface area contributed by atoms with Crippen LogP contribution in [-0.4, -0.2) is 9.97 Å². The van der Waals surface area contributed by atoms with Crippen molar-refractivity contribution in [2.24, 2.45) is 0 Å². The lowest BCUT2D eigenvalue weighted by atomic mass is 10.2. The Morgan fingerprint density at radius 3 is 2.75 bits per heavy atom. The fraction of sp³-hybridized carbons (Fsp3) is 0.214. The van der Waals surface area contributed by atoms with E-state index in [4.69, 9.17) is 16.9 Å². The fourth-order valence-corrected chi connectivity index (χ4v) is 2.52. The summed E-state index contributed by atoms with van der Waals surface area (Å²) in [4.78, 5) is 8.73. The van der Waals surface area contributed by atoms with Gasteiger partial charge in [0.05, 0.1) is 17.3 Å². The molecule has 0 atom stereocenters. The topological polar surface area (TPSA) is 61.6 Å². The first-order valence-electron chi connectivity index (χ1n) is 6.17. The van der Waals surface area contributed by atoms with Crippen LogP contribution in [0.1, 0.15) is 30.1 Å². The van der Waals surface area contributed by atoms with Crippen LogP contribution in [0.4, 0.5) is 11.5 Å². The zero-order valence-corrected chi connectivity index (χ0v) is 12.7. The van der Waals surface area contributed by atoms with E-state index in [2.05, 4.69) is 37.3 Å². The number of anilines is 2. The molecule has 0 aliphatic heterocycles. The first-order valence-corrected chi connectivity index (χ1v) is 7.34. The molecule has 1 aromatic heterocycles. The molecule has 3 rings (SSSR count). The third-order valence-corrected chi connectivity index (χ3v) is 3.87. The van der Waals surface area contributed by atoms with Crippen molar-refractivity contribution >= 4 is 39.0 Å². The van der Waals surface area contributed by atoms with Crippen LogP contribution < -0.4 is 5.32 Å². The van der Waals surface area contributed by atoms with Crippen molar-refractivity contribution in [3.8, 4) is 6.07 Å². The summed E-state index contributed by atoms with van der Waals surface area (Å²) in [5.41, 5.74) is 1.43. The second-order valence-corrected chi connectivity index (χ2v) is 5.88. The van der Waals surface area contributed by atoms with Crippen LogP contribution in [0.15, 0.2) is 28.7 Å². The molecule has 0 bridgehead atoms. The van der Waals surface area contributed by atoms with Crippen molar-refractivity contribution in [1.82, 2.24) is 9.97 Å². The molecule has 0 saturated heterocycles. The minimum atomic E-state index is 0.439. The molecule has 1 N–H and O–H groups in total. The number of hydrogen-bond donors (Lipinski definition) is 1. The molecule has 2 aromatic rings. The van der Waals surface area contributed by atoms with Crippen LogP contribution in [0.2, 0.25) is 5.15 Å². The van der Waals surface area contributed by atoms with Gasteiger partial charge in [-0.05, 0) is 47.0 Å². The Morgan fingerprint density at radius 1 is 1.30 bits per heavy atom. The smallest absolute Gasteiger partial charge is 0.135 e. The molecule has 20 heavy (non-hydrogen) atoms. The van der Waals surface area contributed by atoms with Crippen LogP contribution in [0.25, 0.3) is 0 Å². The van der Waals surface area contributed by atoms with Gasteiger partial charge in [-0.2, -0.15) is 5.26 Å². The molecule has 0 spiro atoms. The predicted octanol–water partition coefficient (Wildman–Crippen LogP) is 4.39. The average Bonchev–Trinajstić information content (AvgIpc) is 3.25. The Hall–Kier alpha value is -1.64. The third-order valence-electron chi connectivity index (χ3n) is 3.02. The van der Waals surface area contributed by atoms with E-state index in [1.165, 1.54) is 0 Å². The lowest BCUT2D eigenvalue weighted by Crippen LogP contribution is -2.00. The van der Waals surface area contributed by atoms with Crippen LogP contribution in [0, 0.1) is 11.3 Å². The first-order chi connectivity index (χ1) is 9.65. The normalized spacial score (nSPS) is 13.8. The summed E-state index contributed by atoms with van der Waals surface area (Å²) in [5.74, 6) is 1.90. The summed E-state index contributed by atoms with van der Waals surface area (Å²) in [6.07, 6.45) is 2.25. The highest BCUT2D eigenvalue weighted by atomic mass is 79.9. The van der Waals surface area contributed by atoms with Gasteiger partial charge in [-0.1, -0.05) is 11.6 Å². The SMILES string of the molecule is N#Cc1ccc(Nc2cc(Cl)nc(C3CC3)n2)c(Br)c1. The van der Waals surface area contributed by atoms with Gasteiger partial charge in [-0.3, -0.25) is 0 Å². The number of halogens is 2. The zero-order chi connectivity index (χ0) is 14.1. The Morgan fingerprint density at radius 2 is 2.10 bits per heavy atom. The second-order valence-electron chi connectivity index (χ2n) is 4.64. The molecule has 1 fully saturated rings. The minimum absolute atomic E-state index is 0.439. The first kappa shape index (κ1) is 13.3. The van der Waals surface area contributed by atoms with Crippen molar-refractivity contribution in [3.05, 3.63) is 45.3 Å². The Balaban J connectivity index is 1.89. The predicted molar refractivity (Wildman–Crippen MR) is 81.2 cm³/mol. The van der Waals surface area contributed by atoms with E-state index in [1.54, 1.807) is 18.2 Å². The van der Waals surface area contributed by atoms with E-state index in [1.807, 2.05) is 6.07 Å². The average molecular weight is 350 g/mol. The van der Waals surface area contributed by atoms with Crippen LogP contribution in [0.3, 0.4) is 0 Å². The number of aromatic nitrogens is 2. The molecule has 4 nitrogen and oxygen atoms in total. The van der Waals surface area contributed by atoms with Crippen molar-refractivity contribution in [1.29, 1.82) is 5.26 Å². The van der Waals surface area contributed by atoms with Crippen molar-refractivity contribution in [3.63, 3.8) is 0 Å². The highest BCUT2D eigenvalue weighted by molar-refractivity contribution is 9.10. The van der Waals surface area contributed by atoms with E-state index >= 15 is 0 Å². The summed E-state index contributed by atoms with van der Waals surface area (Å²) in [6.45, 7) is 0. The van der Waals surface area contributed by atoms with Gasteiger partial charge >= 0.3 is 0 Å². The summed E-state index contributed by atoms with van der Waals surface area (Å²) in [7, 11) is 0. The quantitative estimate of drug-likeness (QED) is 0.835. The van der Waals surface area contributed by atoms with E-state index in [0.717, 1.165) is 28.8 Å². The van der Waals surface area contributed by atoms with Gasteiger partial charge in [0.1, 0.15) is 16.8 Å². The van der Waals surface area contributed by atoms with Crippen LogP contribution >= 0.6 is 27.5 Å². The Labute approximate surface area is 129 Å². The molecule has 1 aliphatic carbocycles. The Kier molecular flexibility index (Phi) is 3.60. The molecule has 100 valence electrons. The van der Waals surface area contributed by atoms with Crippen LogP contribution in [-0.2, 0) is 0 Å². The minimum Gasteiger partial charge on any atom is -0.339 e. The fourth-order valence-electron chi connectivity index (χ4n) is 1.85. The number of nitrogens with zero attached hydrogens (tertiary/aromatic N) is 3. The van der Waals surface area contributed by atoms with Crippen molar-refractivity contribution in [2.75, 3.05) is 5.32 Å². The largest absolute Gasteiger partial charge is 0.339 e. The van der Waals surface area contributed by atoms with E-state index in [9.17, 15) is 0 Å². The second kappa shape index (κ2) is 5.39. The van der Waals surface area contributed by atoms with Gasteiger partial charge in [0.25, 0.3) is 0 Å². The van der Waals surface area contributed by atoms with E-state index < -0.39 is 0 Å². The molecule has 1 aliphatic rings. The third kappa shape index (κ3) is 2.92. The molecule has 1 aromatic carbocycles. The Bertz CT molecular complexity index is 707. The van der Waals surface area contributed by atoms with Gasteiger partial charge in [-0.15, -0.1) is 0 Å². The summed E-state index contributed by atoms with van der Waals surface area (Å²) < 4.78 is 0.805. The van der Waals surface area contributed by atoms with Crippen LogP contribution in [0.5, 0.6) is 0 Å². The van der Waals surface area contributed by atoms with Gasteiger partial charge in [0, 0.05) is 16.5 Å². The molecule has 0 radical (unpaired) electrons. The van der Waals surface area contributed by atoms with Gasteiger partial charge < -0.3 is 5.32 Å². The highest BCUT2D eigenvalue weighted by Gasteiger charge is 2.27. The maximum Gasteiger partial charge on any atom is 0.135 e. The number of rotatable bonds is 3. The molecule has 1 saturated carbocycles. The lowest BCUT2D eigenvalue weighted by Gasteiger charge is -2.09. The summed E-state index contributed by atoms with van der Waals surface area (Å²) in [6, 6.07) is 9.12. The number of hydrogen-bond acceptors (Lipinski definition) is 4. The molecule has 6 heteroatoms. The van der Waals surface area contributed by atoms with Gasteiger partial charge in [0.15, 0.2) is 0 Å². The van der Waals surface area contributed by atoms with E-state index in [0.29, 0.717) is 22.5 Å². The standard InChI is InChI=1S/C14H10BrClN4/c15-10-5-8(7-17)1-4-11(10)18-13-6-12(16)19-14(20-13)9-2-3-9/h1,4-6,9H,2-3H2,(H,18,19,20).